The number of thioether (sulfide) groups is 1. The van der Waals surface area contributed by atoms with Crippen LogP contribution in [0.1, 0.15) is 53.0 Å². The van der Waals surface area contributed by atoms with Crippen molar-refractivity contribution in [3.05, 3.63) is 122 Å². The molecule has 0 saturated carbocycles. The lowest BCUT2D eigenvalue weighted by Gasteiger charge is -2.40. The lowest BCUT2D eigenvalue weighted by Crippen LogP contribution is -2.38. The van der Waals surface area contributed by atoms with Crippen LogP contribution in [-0.4, -0.2) is 5.78 Å². The van der Waals surface area contributed by atoms with Gasteiger partial charge in [0.25, 0.3) is 0 Å². The number of Topliss-reactive ketones (excluding diaryl/α,β-unsaturated/α-hetero) is 1. The van der Waals surface area contributed by atoms with Crippen molar-refractivity contribution >= 4 is 39.2 Å². The SMILES string of the molecule is Cc1cc(C)c(C2C(C#N)=C(N)N(c3ccc(Br)cc3)C3=C2C(=O)CCC3)cc1CSCc1ccccc1. The Morgan fingerprint density at radius 2 is 1.76 bits per heavy atom. The van der Waals surface area contributed by atoms with Gasteiger partial charge < -0.3 is 5.73 Å². The Bertz CT molecular complexity index is 1490. The number of halogens is 1. The van der Waals surface area contributed by atoms with Crippen molar-refractivity contribution in [2.45, 2.75) is 50.5 Å². The minimum atomic E-state index is -0.451. The number of anilines is 1. The Hall–Kier alpha value is -3.27. The largest absolute Gasteiger partial charge is 0.384 e. The van der Waals surface area contributed by atoms with Crippen LogP contribution in [0.15, 0.2) is 93.9 Å². The molecule has 38 heavy (non-hydrogen) atoms. The molecule has 1 atom stereocenters. The fourth-order valence-corrected chi connectivity index (χ4v) is 6.84. The maximum atomic E-state index is 13.5. The van der Waals surface area contributed by atoms with Gasteiger partial charge in [0.1, 0.15) is 5.82 Å². The summed E-state index contributed by atoms with van der Waals surface area (Å²) in [5, 5.41) is 10.4. The van der Waals surface area contributed by atoms with E-state index in [0.717, 1.165) is 56.9 Å². The lowest BCUT2D eigenvalue weighted by atomic mass is 9.74. The number of nitriles is 1. The fourth-order valence-electron chi connectivity index (χ4n) is 5.52. The minimum Gasteiger partial charge on any atom is -0.384 e. The molecule has 0 amide bonds. The van der Waals surface area contributed by atoms with Crippen LogP contribution in [0.2, 0.25) is 0 Å². The van der Waals surface area contributed by atoms with Crippen molar-refractivity contribution in [1.82, 2.24) is 0 Å². The molecule has 4 nitrogen and oxygen atoms in total. The Balaban J connectivity index is 1.58. The maximum Gasteiger partial charge on any atom is 0.161 e. The third-order valence-corrected chi connectivity index (χ3v) is 8.98. The van der Waals surface area contributed by atoms with E-state index in [1.165, 1.54) is 16.7 Å². The van der Waals surface area contributed by atoms with Crippen LogP contribution in [0.4, 0.5) is 5.69 Å². The van der Waals surface area contributed by atoms with Gasteiger partial charge in [-0.05, 0) is 78.8 Å². The zero-order valence-corrected chi connectivity index (χ0v) is 24.0. The smallest absolute Gasteiger partial charge is 0.161 e. The van der Waals surface area contributed by atoms with E-state index < -0.39 is 5.92 Å². The summed E-state index contributed by atoms with van der Waals surface area (Å²) in [4.78, 5) is 15.5. The van der Waals surface area contributed by atoms with Gasteiger partial charge in [-0.15, -0.1) is 0 Å². The number of ketones is 1. The van der Waals surface area contributed by atoms with Gasteiger partial charge in [-0.3, -0.25) is 9.69 Å². The zero-order valence-electron chi connectivity index (χ0n) is 21.6. The van der Waals surface area contributed by atoms with E-state index in [0.29, 0.717) is 17.8 Å². The summed E-state index contributed by atoms with van der Waals surface area (Å²) in [5.74, 6) is 1.85. The number of benzene rings is 3. The summed E-state index contributed by atoms with van der Waals surface area (Å²) in [6.45, 7) is 4.21. The Morgan fingerprint density at radius 1 is 1.03 bits per heavy atom. The van der Waals surface area contributed by atoms with E-state index >= 15 is 0 Å². The molecule has 0 aromatic heterocycles. The number of hydrogen-bond donors (Lipinski definition) is 1. The first-order valence-corrected chi connectivity index (χ1v) is 14.8. The number of carbonyl (C=O) groups excluding carboxylic acids is 1. The van der Waals surface area contributed by atoms with E-state index in [2.05, 4.69) is 72.2 Å². The summed E-state index contributed by atoms with van der Waals surface area (Å²) in [5.41, 5.74) is 15.5. The molecule has 0 fully saturated rings. The molecule has 1 heterocycles. The van der Waals surface area contributed by atoms with Crippen LogP contribution in [0, 0.1) is 25.2 Å². The molecule has 0 bridgehead atoms. The second-order valence-corrected chi connectivity index (χ2v) is 11.8. The highest BCUT2D eigenvalue weighted by molar-refractivity contribution is 9.10. The first-order valence-electron chi connectivity index (χ1n) is 12.8. The molecule has 2 N–H and O–H groups in total. The van der Waals surface area contributed by atoms with Crippen molar-refractivity contribution in [3.63, 3.8) is 0 Å². The van der Waals surface area contributed by atoms with Gasteiger partial charge in [-0.2, -0.15) is 17.0 Å². The second kappa shape index (κ2) is 11.2. The molecule has 3 aromatic rings. The summed E-state index contributed by atoms with van der Waals surface area (Å²) in [6, 6.07) is 25.1. The monoisotopic (exact) mass is 583 g/mol. The molecule has 6 heteroatoms. The van der Waals surface area contributed by atoms with Gasteiger partial charge in [0.2, 0.25) is 0 Å². The third-order valence-electron chi connectivity index (χ3n) is 7.40. The quantitative estimate of drug-likeness (QED) is 0.320. The molecule has 1 unspecified atom stereocenters. The first kappa shape index (κ1) is 26.3. The summed E-state index contributed by atoms with van der Waals surface area (Å²) in [6.07, 6.45) is 2.02. The Morgan fingerprint density at radius 3 is 2.47 bits per heavy atom. The van der Waals surface area contributed by atoms with E-state index in [9.17, 15) is 10.1 Å². The highest BCUT2D eigenvalue weighted by atomic mass is 79.9. The van der Waals surface area contributed by atoms with E-state index in [1.54, 1.807) is 0 Å². The summed E-state index contributed by atoms with van der Waals surface area (Å²) in [7, 11) is 0. The first-order chi connectivity index (χ1) is 18.4. The van der Waals surface area contributed by atoms with Crippen LogP contribution in [0.3, 0.4) is 0 Å². The van der Waals surface area contributed by atoms with Gasteiger partial charge in [-0.25, -0.2) is 0 Å². The number of nitrogens with zero attached hydrogens (tertiary/aromatic N) is 2. The molecule has 0 radical (unpaired) electrons. The molecule has 0 saturated heterocycles. The van der Waals surface area contributed by atoms with Crippen LogP contribution in [0.5, 0.6) is 0 Å². The highest BCUT2D eigenvalue weighted by Gasteiger charge is 2.40. The molecule has 2 aliphatic rings. The van der Waals surface area contributed by atoms with E-state index in [4.69, 9.17) is 5.73 Å². The van der Waals surface area contributed by atoms with Gasteiger partial charge in [0.15, 0.2) is 5.78 Å². The molecule has 5 rings (SSSR count). The molecular formula is C32H30BrN3OS. The minimum absolute atomic E-state index is 0.110. The maximum absolute atomic E-state index is 13.5. The van der Waals surface area contributed by atoms with Crippen molar-refractivity contribution in [1.29, 1.82) is 5.26 Å². The third kappa shape index (κ3) is 5.06. The molecule has 192 valence electrons. The number of allylic oxidation sites excluding steroid dienone is 3. The number of carbonyl (C=O) groups is 1. The molecule has 1 aliphatic heterocycles. The van der Waals surface area contributed by atoms with Gasteiger partial charge in [0, 0.05) is 39.4 Å². The standard InChI is InChI=1S/C32H30BrN3OS/c1-20-15-21(2)26(16-23(20)19-38-18-22-7-4-3-5-8-22)30-27(17-34)32(35)36(25-13-11-24(33)12-14-25)28-9-6-10-29(37)31(28)30/h3-5,7-8,11-16,30H,6,9-10,18-19,35H2,1-2H3. The van der Waals surface area contributed by atoms with Crippen LogP contribution in [0.25, 0.3) is 0 Å². The number of aryl methyl sites for hydroxylation is 2. The number of nitrogens with two attached hydrogens (primary N) is 1. The average molecular weight is 585 g/mol. The van der Waals surface area contributed by atoms with Crippen LogP contribution >= 0.6 is 27.7 Å². The molecular weight excluding hydrogens is 554 g/mol. The van der Waals surface area contributed by atoms with E-state index in [1.807, 2.05) is 47.0 Å². The van der Waals surface area contributed by atoms with Crippen LogP contribution in [-0.2, 0) is 16.3 Å². The molecule has 1 aliphatic carbocycles. The van der Waals surface area contributed by atoms with Crippen molar-refractivity contribution in [3.8, 4) is 6.07 Å². The number of rotatable bonds is 6. The fraction of sp³-hybridized carbons (Fsp3) is 0.250. The summed E-state index contributed by atoms with van der Waals surface area (Å²) >= 11 is 5.37. The number of hydrogen-bond acceptors (Lipinski definition) is 5. The molecule has 0 spiro atoms. The predicted molar refractivity (Wildman–Crippen MR) is 159 cm³/mol. The Kier molecular flexibility index (Phi) is 7.78. The average Bonchev–Trinajstić information content (AvgIpc) is 2.91. The van der Waals surface area contributed by atoms with Crippen molar-refractivity contribution in [2.75, 3.05) is 4.90 Å². The highest BCUT2D eigenvalue weighted by Crippen LogP contribution is 2.47. The topological polar surface area (TPSA) is 70.1 Å². The summed E-state index contributed by atoms with van der Waals surface area (Å²) < 4.78 is 0.959. The lowest BCUT2D eigenvalue weighted by molar-refractivity contribution is -0.116. The van der Waals surface area contributed by atoms with Crippen molar-refractivity contribution < 1.29 is 4.79 Å². The van der Waals surface area contributed by atoms with Crippen LogP contribution < -0.4 is 10.6 Å². The second-order valence-electron chi connectivity index (χ2n) is 9.91. The van der Waals surface area contributed by atoms with Gasteiger partial charge >= 0.3 is 0 Å². The van der Waals surface area contributed by atoms with Gasteiger partial charge in [-0.1, -0.05) is 58.4 Å². The predicted octanol–water partition coefficient (Wildman–Crippen LogP) is 7.80. The molecule has 3 aromatic carbocycles. The van der Waals surface area contributed by atoms with Gasteiger partial charge in [0.05, 0.1) is 17.6 Å². The van der Waals surface area contributed by atoms with E-state index in [-0.39, 0.29) is 5.78 Å². The zero-order chi connectivity index (χ0) is 26.8. The van der Waals surface area contributed by atoms with Crippen molar-refractivity contribution in [2.24, 2.45) is 5.73 Å². The normalized spacial score (nSPS) is 17.5. The Labute approximate surface area is 237 Å².